The van der Waals surface area contributed by atoms with Gasteiger partial charge in [-0.05, 0) is 37.7 Å². The SMILES string of the molecule is CCCCCCCC/C=C\CCCCCCCCP(=O)(O)OCc1ccccc1. The number of allylic oxidation sites excluding steroid dienone is 2. The summed E-state index contributed by atoms with van der Waals surface area (Å²) in [6.45, 7) is 2.47. The Morgan fingerprint density at radius 2 is 1.31 bits per heavy atom. The Bertz CT molecular complexity index is 556. The molecule has 1 N–H and O–H groups in total. The lowest BCUT2D eigenvalue weighted by atomic mass is 10.1. The Morgan fingerprint density at radius 3 is 1.90 bits per heavy atom. The fraction of sp³-hybridized carbons (Fsp3) is 0.680. The summed E-state index contributed by atoms with van der Waals surface area (Å²) in [7, 11) is -3.46. The highest BCUT2D eigenvalue weighted by Crippen LogP contribution is 2.43. The standard InChI is InChI=1S/C25H43O3P/c1-2-3-4-5-6-7-8-9-10-11-12-13-14-15-16-20-23-29(26,27)28-24-25-21-18-17-19-22-25/h9-10,17-19,21-22H,2-8,11-16,20,23-24H2,1H3,(H,26,27)/b10-9-. The van der Waals surface area contributed by atoms with Crippen molar-refractivity contribution >= 4 is 7.60 Å². The average molecular weight is 423 g/mol. The first kappa shape index (κ1) is 26.1. The summed E-state index contributed by atoms with van der Waals surface area (Å²) in [4.78, 5) is 9.92. The van der Waals surface area contributed by atoms with Gasteiger partial charge in [0, 0.05) is 6.16 Å². The van der Waals surface area contributed by atoms with Gasteiger partial charge in [0.15, 0.2) is 0 Å². The molecule has 0 spiro atoms. The summed E-state index contributed by atoms with van der Waals surface area (Å²) in [6, 6.07) is 9.56. The number of rotatable bonds is 19. The second kappa shape index (κ2) is 17.9. The van der Waals surface area contributed by atoms with Gasteiger partial charge in [-0.1, -0.05) is 107 Å². The van der Waals surface area contributed by atoms with E-state index in [0.717, 1.165) is 24.8 Å². The molecule has 29 heavy (non-hydrogen) atoms. The third-order valence-electron chi connectivity index (χ3n) is 5.23. The van der Waals surface area contributed by atoms with E-state index < -0.39 is 7.60 Å². The summed E-state index contributed by atoms with van der Waals surface area (Å²) < 4.78 is 17.3. The first-order chi connectivity index (χ1) is 14.1. The molecule has 166 valence electrons. The highest BCUT2D eigenvalue weighted by molar-refractivity contribution is 7.52. The molecule has 0 aromatic heterocycles. The van der Waals surface area contributed by atoms with E-state index >= 15 is 0 Å². The number of benzene rings is 1. The molecule has 0 aliphatic heterocycles. The van der Waals surface area contributed by atoms with Crippen molar-refractivity contribution in [3.8, 4) is 0 Å². The van der Waals surface area contributed by atoms with Gasteiger partial charge in [0.2, 0.25) is 0 Å². The summed E-state index contributed by atoms with van der Waals surface area (Å²) in [6.07, 6.45) is 22.2. The zero-order chi connectivity index (χ0) is 21.0. The molecule has 0 saturated heterocycles. The van der Waals surface area contributed by atoms with Crippen LogP contribution in [0.5, 0.6) is 0 Å². The maximum atomic E-state index is 12.1. The fourth-order valence-corrected chi connectivity index (χ4v) is 4.48. The highest BCUT2D eigenvalue weighted by atomic mass is 31.2. The van der Waals surface area contributed by atoms with Crippen LogP contribution in [-0.4, -0.2) is 11.1 Å². The zero-order valence-corrected chi connectivity index (χ0v) is 19.5. The Morgan fingerprint density at radius 1 is 0.793 bits per heavy atom. The van der Waals surface area contributed by atoms with Crippen LogP contribution in [0.1, 0.15) is 102 Å². The molecule has 1 rings (SSSR count). The van der Waals surface area contributed by atoms with Gasteiger partial charge < -0.3 is 9.42 Å². The van der Waals surface area contributed by atoms with Crippen LogP contribution in [0.2, 0.25) is 0 Å². The van der Waals surface area contributed by atoms with Crippen LogP contribution in [-0.2, 0) is 15.7 Å². The van der Waals surface area contributed by atoms with Gasteiger partial charge in [-0.15, -0.1) is 0 Å². The van der Waals surface area contributed by atoms with Crippen molar-refractivity contribution in [2.75, 3.05) is 6.16 Å². The number of unbranched alkanes of at least 4 members (excludes halogenated alkanes) is 12. The van der Waals surface area contributed by atoms with Crippen molar-refractivity contribution in [3.63, 3.8) is 0 Å². The topological polar surface area (TPSA) is 46.5 Å². The van der Waals surface area contributed by atoms with E-state index in [1.165, 1.54) is 70.6 Å². The van der Waals surface area contributed by atoms with E-state index in [1.807, 2.05) is 30.3 Å². The van der Waals surface area contributed by atoms with Crippen LogP contribution in [0.25, 0.3) is 0 Å². The molecule has 1 unspecified atom stereocenters. The molecular weight excluding hydrogens is 379 g/mol. The maximum absolute atomic E-state index is 12.1. The van der Waals surface area contributed by atoms with Crippen LogP contribution >= 0.6 is 7.60 Å². The molecule has 1 aromatic carbocycles. The zero-order valence-electron chi connectivity index (χ0n) is 18.6. The number of hydrogen-bond donors (Lipinski definition) is 1. The van der Waals surface area contributed by atoms with Crippen LogP contribution in [0.4, 0.5) is 0 Å². The second-order valence-electron chi connectivity index (χ2n) is 8.06. The molecular formula is C25H43O3P. The molecule has 0 amide bonds. The third-order valence-corrected chi connectivity index (χ3v) is 6.64. The van der Waals surface area contributed by atoms with Crippen molar-refractivity contribution in [1.29, 1.82) is 0 Å². The minimum atomic E-state index is -3.46. The Labute approximate surface area is 179 Å². The maximum Gasteiger partial charge on any atom is 0.328 e. The summed E-state index contributed by atoms with van der Waals surface area (Å²) in [5.74, 6) is 0. The molecule has 0 aliphatic carbocycles. The normalized spacial score (nSPS) is 13.7. The monoisotopic (exact) mass is 422 g/mol. The molecule has 4 heteroatoms. The predicted molar refractivity (Wildman–Crippen MR) is 125 cm³/mol. The van der Waals surface area contributed by atoms with Crippen LogP contribution < -0.4 is 0 Å². The molecule has 1 atom stereocenters. The van der Waals surface area contributed by atoms with Crippen molar-refractivity contribution in [2.24, 2.45) is 0 Å². The van der Waals surface area contributed by atoms with Crippen LogP contribution in [0, 0.1) is 0 Å². The molecule has 3 nitrogen and oxygen atoms in total. The summed E-state index contributed by atoms with van der Waals surface area (Å²) in [5.41, 5.74) is 0.933. The first-order valence-corrected chi connectivity index (χ1v) is 13.6. The summed E-state index contributed by atoms with van der Waals surface area (Å²) >= 11 is 0. The Balaban J connectivity index is 1.87. The quantitative estimate of drug-likeness (QED) is 0.138. The first-order valence-electron chi connectivity index (χ1n) is 11.8. The summed E-state index contributed by atoms with van der Waals surface area (Å²) in [5, 5.41) is 0. The molecule has 0 heterocycles. The van der Waals surface area contributed by atoms with Gasteiger partial charge in [0.1, 0.15) is 0 Å². The molecule has 1 aromatic rings. The van der Waals surface area contributed by atoms with Gasteiger partial charge in [-0.2, -0.15) is 0 Å². The predicted octanol–water partition coefficient (Wildman–Crippen LogP) is 8.43. The van der Waals surface area contributed by atoms with Crippen molar-refractivity contribution in [2.45, 2.75) is 103 Å². The van der Waals surface area contributed by atoms with Gasteiger partial charge in [-0.3, -0.25) is 4.57 Å². The average Bonchev–Trinajstić information content (AvgIpc) is 2.73. The van der Waals surface area contributed by atoms with Crippen molar-refractivity contribution in [3.05, 3.63) is 48.0 Å². The molecule has 0 fully saturated rings. The van der Waals surface area contributed by atoms with E-state index in [2.05, 4.69) is 19.1 Å². The van der Waals surface area contributed by atoms with Crippen molar-refractivity contribution in [1.82, 2.24) is 0 Å². The lowest BCUT2D eigenvalue weighted by Gasteiger charge is -2.12. The molecule has 0 aliphatic rings. The third kappa shape index (κ3) is 16.6. The van der Waals surface area contributed by atoms with Gasteiger partial charge in [-0.25, -0.2) is 0 Å². The second-order valence-corrected chi connectivity index (χ2v) is 10.0. The molecule has 0 saturated carbocycles. The van der Waals surface area contributed by atoms with Crippen LogP contribution in [0.15, 0.2) is 42.5 Å². The minimum absolute atomic E-state index is 0.209. The lowest BCUT2D eigenvalue weighted by Crippen LogP contribution is -1.96. The van der Waals surface area contributed by atoms with Gasteiger partial charge >= 0.3 is 7.60 Å². The highest BCUT2D eigenvalue weighted by Gasteiger charge is 2.18. The van der Waals surface area contributed by atoms with E-state index in [9.17, 15) is 9.46 Å². The van der Waals surface area contributed by atoms with Crippen molar-refractivity contribution < 1.29 is 14.0 Å². The molecule has 0 radical (unpaired) electrons. The molecule has 0 bridgehead atoms. The van der Waals surface area contributed by atoms with E-state index in [0.29, 0.717) is 0 Å². The van der Waals surface area contributed by atoms with E-state index in [-0.39, 0.29) is 12.8 Å². The van der Waals surface area contributed by atoms with Crippen LogP contribution in [0.3, 0.4) is 0 Å². The lowest BCUT2D eigenvalue weighted by molar-refractivity contribution is 0.249. The largest absolute Gasteiger partial charge is 0.328 e. The minimum Gasteiger partial charge on any atom is -0.324 e. The van der Waals surface area contributed by atoms with Gasteiger partial charge in [0.25, 0.3) is 0 Å². The van der Waals surface area contributed by atoms with Gasteiger partial charge in [0.05, 0.1) is 6.61 Å². The number of hydrogen-bond acceptors (Lipinski definition) is 2. The Kier molecular flexibility index (Phi) is 16.2. The smallest absolute Gasteiger partial charge is 0.324 e. The van der Waals surface area contributed by atoms with E-state index in [4.69, 9.17) is 4.52 Å². The Hall–Kier alpha value is -0.890. The fourth-order valence-electron chi connectivity index (χ4n) is 3.37. The van der Waals surface area contributed by atoms with E-state index in [1.54, 1.807) is 0 Å².